The van der Waals surface area contributed by atoms with Gasteiger partial charge in [-0.25, -0.2) is 0 Å². The smallest absolute Gasteiger partial charge is 0.238 e. The number of rotatable bonds is 4. The van der Waals surface area contributed by atoms with Crippen molar-refractivity contribution in [3.8, 4) is 0 Å². The number of anilines is 1. The largest absolute Gasteiger partial charge is 0.324 e. The van der Waals surface area contributed by atoms with E-state index in [-0.39, 0.29) is 11.8 Å². The Morgan fingerprint density at radius 2 is 2.15 bits per heavy atom. The average molecular weight is 295 g/mol. The number of nitrogens with zero attached hydrogens (tertiary/aromatic N) is 1. The van der Waals surface area contributed by atoms with Crippen LogP contribution in [0.5, 0.6) is 0 Å². The third-order valence-electron chi connectivity index (χ3n) is 3.59. The molecule has 1 saturated heterocycles. The van der Waals surface area contributed by atoms with Crippen molar-refractivity contribution < 1.29 is 9.59 Å². The number of nitrogens with one attached hydrogen (secondary N) is 1. The lowest BCUT2D eigenvalue weighted by molar-refractivity contribution is -0.117. The van der Waals surface area contributed by atoms with Crippen molar-refractivity contribution in [3.63, 3.8) is 0 Å². The van der Waals surface area contributed by atoms with E-state index in [1.807, 2.05) is 25.1 Å². The number of likely N-dealkylation sites (tertiary alicyclic amines) is 1. The quantitative estimate of drug-likeness (QED) is 0.868. The molecule has 0 spiro atoms. The summed E-state index contributed by atoms with van der Waals surface area (Å²) in [5.74, 6) is 0.0844. The van der Waals surface area contributed by atoms with E-state index < -0.39 is 0 Å². The van der Waals surface area contributed by atoms with Crippen molar-refractivity contribution in [2.24, 2.45) is 5.92 Å². The normalized spacial score (nSPS) is 16.9. The van der Waals surface area contributed by atoms with Gasteiger partial charge >= 0.3 is 0 Å². The third-order valence-corrected chi connectivity index (χ3v) is 3.90. The number of aldehydes is 1. The number of aryl methyl sites for hydroxylation is 1. The number of benzene rings is 1. The van der Waals surface area contributed by atoms with Gasteiger partial charge in [-0.3, -0.25) is 9.69 Å². The fourth-order valence-electron chi connectivity index (χ4n) is 2.36. The monoisotopic (exact) mass is 294 g/mol. The Morgan fingerprint density at radius 3 is 2.75 bits per heavy atom. The second-order valence-electron chi connectivity index (χ2n) is 5.28. The fourth-order valence-corrected chi connectivity index (χ4v) is 2.64. The summed E-state index contributed by atoms with van der Waals surface area (Å²) in [5.41, 5.74) is 1.70. The Labute approximate surface area is 124 Å². The highest BCUT2D eigenvalue weighted by Gasteiger charge is 2.20. The van der Waals surface area contributed by atoms with Crippen LogP contribution in [0.25, 0.3) is 0 Å². The number of piperidine rings is 1. The molecule has 1 aromatic carbocycles. The average Bonchev–Trinajstić information content (AvgIpc) is 2.43. The molecule has 1 aliphatic rings. The lowest BCUT2D eigenvalue weighted by Crippen LogP contribution is -2.39. The van der Waals surface area contributed by atoms with Gasteiger partial charge in [0.1, 0.15) is 6.29 Å². The summed E-state index contributed by atoms with van der Waals surface area (Å²) >= 11 is 6.09. The topological polar surface area (TPSA) is 49.4 Å². The van der Waals surface area contributed by atoms with E-state index >= 15 is 0 Å². The van der Waals surface area contributed by atoms with Gasteiger partial charge in [0.05, 0.1) is 17.3 Å². The first-order chi connectivity index (χ1) is 9.58. The first-order valence-electron chi connectivity index (χ1n) is 6.82. The summed E-state index contributed by atoms with van der Waals surface area (Å²) in [6.45, 7) is 3.88. The first-order valence-corrected chi connectivity index (χ1v) is 7.20. The molecule has 1 N–H and O–H groups in total. The van der Waals surface area contributed by atoms with Crippen LogP contribution in [0.15, 0.2) is 18.2 Å². The highest BCUT2D eigenvalue weighted by Crippen LogP contribution is 2.22. The first kappa shape index (κ1) is 15.0. The minimum atomic E-state index is -0.0692. The standard InChI is InChI=1S/C15H19ClN2O2/c1-11-2-3-14(13(16)8-11)17-15(20)9-18-6-4-12(10-19)5-7-18/h2-3,8,10,12H,4-7,9H2,1H3,(H,17,20). The molecule has 0 radical (unpaired) electrons. The Kier molecular flexibility index (Phi) is 5.15. The van der Waals surface area contributed by atoms with Gasteiger partial charge in [-0.2, -0.15) is 0 Å². The Hall–Kier alpha value is -1.39. The summed E-state index contributed by atoms with van der Waals surface area (Å²) in [4.78, 5) is 24.7. The summed E-state index contributed by atoms with van der Waals surface area (Å²) in [5, 5.41) is 3.38. The maximum Gasteiger partial charge on any atom is 0.238 e. The SMILES string of the molecule is Cc1ccc(NC(=O)CN2CCC(C=O)CC2)c(Cl)c1. The maximum atomic E-state index is 12.0. The van der Waals surface area contributed by atoms with E-state index in [2.05, 4.69) is 10.2 Å². The molecule has 0 unspecified atom stereocenters. The number of hydrogen-bond donors (Lipinski definition) is 1. The van der Waals surface area contributed by atoms with E-state index in [1.165, 1.54) is 0 Å². The van der Waals surface area contributed by atoms with E-state index in [1.54, 1.807) is 0 Å². The molecule has 5 heteroatoms. The second kappa shape index (κ2) is 6.86. The fraction of sp³-hybridized carbons (Fsp3) is 0.467. The van der Waals surface area contributed by atoms with Crippen LogP contribution in [0.1, 0.15) is 18.4 Å². The summed E-state index contributed by atoms with van der Waals surface area (Å²) in [7, 11) is 0. The molecular formula is C15H19ClN2O2. The van der Waals surface area contributed by atoms with Gasteiger partial charge in [0.25, 0.3) is 0 Å². The minimum Gasteiger partial charge on any atom is -0.324 e. The molecule has 4 nitrogen and oxygen atoms in total. The second-order valence-corrected chi connectivity index (χ2v) is 5.69. The molecule has 1 amide bonds. The molecule has 0 saturated carbocycles. The molecule has 0 bridgehead atoms. The van der Waals surface area contributed by atoms with Crippen LogP contribution in [-0.2, 0) is 9.59 Å². The zero-order valence-electron chi connectivity index (χ0n) is 11.6. The lowest BCUT2D eigenvalue weighted by Gasteiger charge is -2.28. The lowest BCUT2D eigenvalue weighted by atomic mass is 9.99. The number of carbonyl (C=O) groups excluding carboxylic acids is 2. The van der Waals surface area contributed by atoms with Crippen molar-refractivity contribution in [2.45, 2.75) is 19.8 Å². The van der Waals surface area contributed by atoms with Crippen LogP contribution in [0.2, 0.25) is 5.02 Å². The van der Waals surface area contributed by atoms with Crippen molar-refractivity contribution in [3.05, 3.63) is 28.8 Å². The highest BCUT2D eigenvalue weighted by atomic mass is 35.5. The van der Waals surface area contributed by atoms with Crippen LogP contribution >= 0.6 is 11.6 Å². The van der Waals surface area contributed by atoms with Gasteiger partial charge < -0.3 is 10.1 Å². The third kappa shape index (κ3) is 4.05. The number of carbonyl (C=O) groups is 2. The number of hydrogen-bond acceptors (Lipinski definition) is 3. The molecule has 20 heavy (non-hydrogen) atoms. The predicted octanol–water partition coefficient (Wildman–Crippen LogP) is 2.50. The summed E-state index contributed by atoms with van der Waals surface area (Å²) in [6, 6.07) is 5.55. The minimum absolute atomic E-state index is 0.0692. The van der Waals surface area contributed by atoms with Crippen molar-refractivity contribution >= 4 is 29.5 Å². The molecule has 0 atom stereocenters. The Morgan fingerprint density at radius 1 is 1.45 bits per heavy atom. The molecule has 108 valence electrons. The predicted molar refractivity (Wildman–Crippen MR) is 80.0 cm³/mol. The van der Waals surface area contributed by atoms with Crippen LogP contribution in [-0.4, -0.2) is 36.7 Å². The van der Waals surface area contributed by atoms with Gasteiger partial charge in [0.2, 0.25) is 5.91 Å². The number of halogens is 1. The summed E-state index contributed by atoms with van der Waals surface area (Å²) < 4.78 is 0. The van der Waals surface area contributed by atoms with Crippen molar-refractivity contribution in [2.75, 3.05) is 25.0 Å². The molecule has 1 heterocycles. The van der Waals surface area contributed by atoms with Gasteiger partial charge in [-0.05, 0) is 50.6 Å². The van der Waals surface area contributed by atoms with Gasteiger partial charge in [-0.1, -0.05) is 17.7 Å². The Balaban J connectivity index is 1.85. The highest BCUT2D eigenvalue weighted by molar-refractivity contribution is 6.33. The zero-order chi connectivity index (χ0) is 14.5. The van der Waals surface area contributed by atoms with Gasteiger partial charge in [0, 0.05) is 5.92 Å². The van der Waals surface area contributed by atoms with Gasteiger partial charge in [-0.15, -0.1) is 0 Å². The Bertz CT molecular complexity index is 497. The van der Waals surface area contributed by atoms with E-state index in [4.69, 9.17) is 11.6 Å². The van der Waals surface area contributed by atoms with Crippen LogP contribution in [0, 0.1) is 12.8 Å². The van der Waals surface area contributed by atoms with Crippen LogP contribution < -0.4 is 5.32 Å². The van der Waals surface area contributed by atoms with E-state index in [0.717, 1.165) is 37.8 Å². The molecule has 1 fully saturated rings. The van der Waals surface area contributed by atoms with Gasteiger partial charge in [0.15, 0.2) is 0 Å². The molecule has 1 aliphatic heterocycles. The molecular weight excluding hydrogens is 276 g/mol. The summed E-state index contributed by atoms with van der Waals surface area (Å²) in [6.07, 6.45) is 2.69. The molecule has 0 aromatic heterocycles. The van der Waals surface area contributed by atoms with Crippen LogP contribution in [0.4, 0.5) is 5.69 Å². The molecule has 1 aromatic rings. The van der Waals surface area contributed by atoms with E-state index in [0.29, 0.717) is 17.3 Å². The maximum absolute atomic E-state index is 12.0. The van der Waals surface area contributed by atoms with Crippen molar-refractivity contribution in [1.82, 2.24) is 4.90 Å². The van der Waals surface area contributed by atoms with Crippen LogP contribution in [0.3, 0.4) is 0 Å². The number of amides is 1. The van der Waals surface area contributed by atoms with Crippen molar-refractivity contribution in [1.29, 1.82) is 0 Å². The molecule has 0 aliphatic carbocycles. The zero-order valence-corrected chi connectivity index (χ0v) is 12.3. The van der Waals surface area contributed by atoms with E-state index in [9.17, 15) is 9.59 Å². The molecule has 2 rings (SSSR count).